The first-order valence-electron chi connectivity index (χ1n) is 9.95. The van der Waals surface area contributed by atoms with Crippen LogP contribution in [0.25, 0.3) is 0 Å². The first kappa shape index (κ1) is 26.2. The van der Waals surface area contributed by atoms with Crippen LogP contribution in [0.15, 0.2) is 48.5 Å². The Balaban J connectivity index is 0.000000945. The molecule has 0 atom stereocenters. The van der Waals surface area contributed by atoms with E-state index in [1.807, 2.05) is 0 Å². The van der Waals surface area contributed by atoms with Gasteiger partial charge in [-0.3, -0.25) is 19.8 Å². The Kier molecular flexibility index (Phi) is 8.59. The molecule has 0 unspecified atom stereocenters. The number of nitrogens with zero attached hydrogens (tertiary/aromatic N) is 2. The Bertz CT molecular complexity index is 1030. The minimum absolute atomic E-state index is 0.0841. The Morgan fingerprint density at radius 2 is 1.18 bits per heavy atom. The minimum atomic E-state index is -4.79. The highest BCUT2D eigenvalue weighted by atomic mass is 19.4. The Morgan fingerprint density at radius 1 is 0.853 bits per heavy atom. The summed E-state index contributed by atoms with van der Waals surface area (Å²) in [6.07, 6.45) is -4.79. The summed E-state index contributed by atoms with van der Waals surface area (Å²) in [6, 6.07) is 11.1. The molecule has 0 spiro atoms. The maximum atomic E-state index is 12.6. The normalized spacial score (nSPS) is 13.4. The standard InChI is InChI=1S/C20H19F3N4O3.C2H4O2/c21-20(22,23)30-16-7-5-15(6-8-16)19(29)27-11-9-26(10-12-27)18(28)14-3-1-13(2-4-14)17(24)25;1-2(3)4/h1-8H,9-12H2,(H3,24,25);1H3,(H,3,4). The number of rotatable bonds is 4. The maximum absolute atomic E-state index is 12.6. The van der Waals surface area contributed by atoms with E-state index in [1.54, 1.807) is 34.1 Å². The molecule has 3 rings (SSSR count). The number of nitrogens with one attached hydrogen (secondary N) is 1. The van der Waals surface area contributed by atoms with E-state index in [0.29, 0.717) is 37.3 Å². The third-order valence-corrected chi connectivity index (χ3v) is 4.63. The lowest BCUT2D eigenvalue weighted by molar-refractivity contribution is -0.274. The summed E-state index contributed by atoms with van der Waals surface area (Å²) in [5.41, 5.74) is 6.62. The molecule has 1 aliphatic rings. The lowest BCUT2D eigenvalue weighted by Gasteiger charge is -2.35. The fraction of sp³-hybridized carbons (Fsp3) is 0.273. The highest BCUT2D eigenvalue weighted by molar-refractivity contribution is 5.98. The fourth-order valence-corrected chi connectivity index (χ4v) is 3.07. The molecule has 0 aromatic heterocycles. The van der Waals surface area contributed by atoms with E-state index < -0.39 is 18.1 Å². The van der Waals surface area contributed by atoms with Crippen LogP contribution in [0.5, 0.6) is 5.75 Å². The fourth-order valence-electron chi connectivity index (χ4n) is 3.07. The first-order chi connectivity index (χ1) is 15.9. The molecule has 12 heteroatoms. The number of nitrogen functional groups attached to an aromatic ring is 1. The second-order valence-corrected chi connectivity index (χ2v) is 7.17. The zero-order valence-electron chi connectivity index (χ0n) is 18.1. The van der Waals surface area contributed by atoms with Crippen molar-refractivity contribution in [1.82, 2.24) is 9.80 Å². The molecular formula is C22H23F3N4O5. The van der Waals surface area contributed by atoms with E-state index in [9.17, 15) is 22.8 Å². The molecule has 2 aromatic rings. The summed E-state index contributed by atoms with van der Waals surface area (Å²) in [5.74, 6) is -1.83. The SMILES string of the molecule is CC(=O)O.N=C(N)c1ccc(C(=O)N2CCN(C(=O)c3ccc(OC(F)(F)F)cc3)CC2)cc1. The first-order valence-corrected chi connectivity index (χ1v) is 9.95. The third kappa shape index (κ3) is 7.80. The number of halogens is 3. The van der Waals surface area contributed by atoms with Gasteiger partial charge in [0, 0.05) is 49.8 Å². The number of ether oxygens (including phenoxy) is 1. The lowest BCUT2D eigenvalue weighted by Crippen LogP contribution is -2.50. The largest absolute Gasteiger partial charge is 0.573 e. The zero-order valence-corrected chi connectivity index (χ0v) is 18.1. The van der Waals surface area contributed by atoms with Crippen molar-refractivity contribution in [3.63, 3.8) is 0 Å². The molecule has 0 bridgehead atoms. The van der Waals surface area contributed by atoms with Crippen LogP contribution < -0.4 is 10.5 Å². The van der Waals surface area contributed by atoms with Gasteiger partial charge in [-0.05, 0) is 36.4 Å². The molecule has 9 nitrogen and oxygen atoms in total. The van der Waals surface area contributed by atoms with Crippen LogP contribution in [-0.2, 0) is 4.79 Å². The van der Waals surface area contributed by atoms with Gasteiger partial charge in [0.2, 0.25) is 0 Å². The smallest absolute Gasteiger partial charge is 0.481 e. The van der Waals surface area contributed by atoms with Gasteiger partial charge in [0.1, 0.15) is 11.6 Å². The lowest BCUT2D eigenvalue weighted by atomic mass is 10.1. The Labute approximate surface area is 193 Å². The van der Waals surface area contributed by atoms with Gasteiger partial charge in [0.25, 0.3) is 17.8 Å². The predicted octanol–water partition coefficient (Wildman–Crippen LogP) is 2.56. The molecular weight excluding hydrogens is 457 g/mol. The highest BCUT2D eigenvalue weighted by Crippen LogP contribution is 2.23. The van der Waals surface area contributed by atoms with Crippen molar-refractivity contribution in [2.24, 2.45) is 5.73 Å². The summed E-state index contributed by atoms with van der Waals surface area (Å²) >= 11 is 0. The van der Waals surface area contributed by atoms with Crippen molar-refractivity contribution >= 4 is 23.6 Å². The number of carboxylic acids is 1. The van der Waals surface area contributed by atoms with Crippen molar-refractivity contribution < 1.29 is 37.4 Å². The van der Waals surface area contributed by atoms with Crippen LogP contribution in [0.2, 0.25) is 0 Å². The molecule has 0 radical (unpaired) electrons. The van der Waals surface area contributed by atoms with E-state index in [0.717, 1.165) is 19.1 Å². The highest BCUT2D eigenvalue weighted by Gasteiger charge is 2.31. The van der Waals surface area contributed by atoms with Crippen LogP contribution in [0.3, 0.4) is 0 Å². The van der Waals surface area contributed by atoms with Gasteiger partial charge in [-0.1, -0.05) is 12.1 Å². The number of alkyl halides is 3. The Morgan fingerprint density at radius 3 is 1.50 bits per heavy atom. The molecule has 1 saturated heterocycles. The summed E-state index contributed by atoms with van der Waals surface area (Å²) in [7, 11) is 0. The van der Waals surface area contributed by atoms with Crippen LogP contribution in [0.4, 0.5) is 13.2 Å². The van der Waals surface area contributed by atoms with Crippen molar-refractivity contribution in [2.45, 2.75) is 13.3 Å². The number of aliphatic carboxylic acids is 1. The Hall–Kier alpha value is -4.09. The molecule has 34 heavy (non-hydrogen) atoms. The number of amidine groups is 1. The quantitative estimate of drug-likeness (QED) is 0.454. The van der Waals surface area contributed by atoms with E-state index >= 15 is 0 Å². The molecule has 4 N–H and O–H groups in total. The van der Waals surface area contributed by atoms with Crippen molar-refractivity contribution in [2.75, 3.05) is 26.2 Å². The third-order valence-electron chi connectivity index (χ3n) is 4.63. The number of amides is 2. The van der Waals surface area contributed by atoms with Crippen LogP contribution in [-0.4, -0.2) is 71.1 Å². The number of carbonyl (C=O) groups excluding carboxylic acids is 2. The maximum Gasteiger partial charge on any atom is 0.573 e. The van der Waals surface area contributed by atoms with Gasteiger partial charge in [-0.2, -0.15) is 0 Å². The topological polar surface area (TPSA) is 137 Å². The summed E-state index contributed by atoms with van der Waals surface area (Å²) in [6.45, 7) is 2.34. The summed E-state index contributed by atoms with van der Waals surface area (Å²) < 4.78 is 40.5. The van der Waals surface area contributed by atoms with Crippen LogP contribution >= 0.6 is 0 Å². The number of carbonyl (C=O) groups is 3. The van der Waals surface area contributed by atoms with Gasteiger partial charge in [-0.25, -0.2) is 0 Å². The van der Waals surface area contributed by atoms with Crippen LogP contribution in [0.1, 0.15) is 33.2 Å². The molecule has 2 amide bonds. The molecule has 182 valence electrons. The van der Waals surface area contributed by atoms with E-state index in [4.69, 9.17) is 21.0 Å². The predicted molar refractivity (Wildman–Crippen MR) is 116 cm³/mol. The summed E-state index contributed by atoms with van der Waals surface area (Å²) in [5, 5.41) is 14.8. The van der Waals surface area contributed by atoms with Crippen LogP contribution in [0, 0.1) is 5.41 Å². The minimum Gasteiger partial charge on any atom is -0.481 e. The van der Waals surface area contributed by atoms with Crippen molar-refractivity contribution in [3.8, 4) is 5.75 Å². The molecule has 1 fully saturated rings. The molecule has 0 aliphatic carbocycles. The molecule has 1 aliphatic heterocycles. The monoisotopic (exact) mass is 480 g/mol. The van der Waals surface area contributed by atoms with Crippen molar-refractivity contribution in [3.05, 3.63) is 65.2 Å². The number of nitrogens with two attached hydrogens (primary N) is 1. The number of hydrogen-bond donors (Lipinski definition) is 3. The van der Waals surface area contributed by atoms with Gasteiger partial charge in [0.05, 0.1) is 0 Å². The second kappa shape index (κ2) is 11.2. The zero-order chi connectivity index (χ0) is 25.5. The summed E-state index contributed by atoms with van der Waals surface area (Å²) in [4.78, 5) is 37.3. The molecule has 0 saturated carbocycles. The van der Waals surface area contributed by atoms with Gasteiger partial charge < -0.3 is 25.4 Å². The number of piperazine rings is 1. The van der Waals surface area contributed by atoms with E-state index in [2.05, 4.69) is 4.74 Å². The average Bonchev–Trinajstić information content (AvgIpc) is 2.77. The van der Waals surface area contributed by atoms with Gasteiger partial charge >= 0.3 is 6.36 Å². The number of hydrogen-bond acceptors (Lipinski definition) is 5. The average molecular weight is 480 g/mol. The van der Waals surface area contributed by atoms with Gasteiger partial charge in [-0.15, -0.1) is 13.2 Å². The van der Waals surface area contributed by atoms with Gasteiger partial charge in [0.15, 0.2) is 0 Å². The van der Waals surface area contributed by atoms with E-state index in [1.165, 1.54) is 12.1 Å². The second-order valence-electron chi connectivity index (χ2n) is 7.17. The molecule has 2 aromatic carbocycles. The molecule has 1 heterocycles. The van der Waals surface area contributed by atoms with E-state index in [-0.39, 0.29) is 23.2 Å². The number of benzene rings is 2. The van der Waals surface area contributed by atoms with Crippen molar-refractivity contribution in [1.29, 1.82) is 5.41 Å². The number of carboxylic acid groups (broad SMARTS) is 1.